The number of aromatic amines is 1. The molecule has 1 unspecified atom stereocenters. The number of likely N-dealkylation sites (tertiary alicyclic amines) is 1. The Morgan fingerprint density at radius 1 is 0.753 bits per heavy atom. The van der Waals surface area contributed by atoms with Gasteiger partial charge in [0.25, 0.3) is 11.8 Å². The Kier molecular flexibility index (Phi) is 17.0. The Morgan fingerprint density at radius 3 is 2.19 bits per heavy atom. The fraction of sp³-hybridized carbons (Fsp3) is 0.373. The summed E-state index contributed by atoms with van der Waals surface area (Å²) in [6, 6.07) is 41.8. The van der Waals surface area contributed by atoms with E-state index in [0.717, 1.165) is 118 Å². The van der Waals surface area contributed by atoms with E-state index in [1.54, 1.807) is 9.58 Å². The van der Waals surface area contributed by atoms with Crippen LogP contribution >= 0.6 is 0 Å². The van der Waals surface area contributed by atoms with Gasteiger partial charge in [0.2, 0.25) is 11.8 Å². The summed E-state index contributed by atoms with van der Waals surface area (Å²) in [6.07, 6.45) is 10.6. The van der Waals surface area contributed by atoms with Crippen molar-refractivity contribution >= 4 is 46.3 Å². The van der Waals surface area contributed by atoms with Gasteiger partial charge in [-0.3, -0.25) is 33.5 Å². The molecule has 2 aliphatic carbocycles. The molecule has 0 bridgehead atoms. The number of unbranched alkanes of at least 4 members (excludes halogenated alkanes) is 1. The highest BCUT2D eigenvalue weighted by Gasteiger charge is 2.37. The molecule has 5 aromatic carbocycles. The molecule has 2 saturated heterocycles. The summed E-state index contributed by atoms with van der Waals surface area (Å²) in [5.41, 5.74) is 15.2. The molecule has 4 N–H and O–H groups in total. The van der Waals surface area contributed by atoms with Crippen LogP contribution in [0.3, 0.4) is 0 Å². The number of H-pyrrole nitrogens is 1. The highest BCUT2D eigenvalue weighted by atomic mass is 16.5. The normalized spacial score (nSPS) is 16.2. The number of nitrogens with two attached hydrogens (primary N) is 1. The number of fused-ring (bicyclic) bond motifs is 2. The molecule has 0 radical (unpaired) electrons. The maximum atomic E-state index is 15.5. The molecule has 3 aromatic heterocycles. The Labute approximate surface area is 495 Å². The van der Waals surface area contributed by atoms with E-state index in [1.165, 1.54) is 15.7 Å². The van der Waals surface area contributed by atoms with Gasteiger partial charge >= 0.3 is 11.7 Å². The molecule has 3 fully saturated rings. The lowest BCUT2D eigenvalue weighted by Gasteiger charge is -2.39. The molecule has 8 aromatic rings. The number of aromatic nitrogens is 6. The van der Waals surface area contributed by atoms with Crippen molar-refractivity contribution in [3.05, 3.63) is 183 Å². The average Bonchev–Trinajstić information content (AvgIpc) is 4.00. The van der Waals surface area contributed by atoms with Crippen molar-refractivity contribution in [3.63, 3.8) is 0 Å². The summed E-state index contributed by atoms with van der Waals surface area (Å²) >= 11 is 0. The number of ether oxygens (including phenoxy) is 1. The zero-order valence-electron chi connectivity index (χ0n) is 48.3. The quantitative estimate of drug-likeness (QED) is 0.0651. The van der Waals surface area contributed by atoms with E-state index in [0.29, 0.717) is 66.7 Å². The number of piperazine rings is 1. The molecule has 1 saturated carbocycles. The minimum absolute atomic E-state index is 0.0112. The van der Waals surface area contributed by atoms with Gasteiger partial charge in [-0.25, -0.2) is 9.48 Å². The average molecular weight is 1140 g/mol. The van der Waals surface area contributed by atoms with E-state index in [-0.39, 0.29) is 65.8 Å². The van der Waals surface area contributed by atoms with Crippen molar-refractivity contribution in [1.29, 1.82) is 0 Å². The third kappa shape index (κ3) is 12.7. The molecule has 18 heteroatoms. The Morgan fingerprint density at radius 2 is 1.46 bits per heavy atom. The molecule has 4 aliphatic rings. The van der Waals surface area contributed by atoms with Crippen LogP contribution in [0.4, 0.5) is 11.5 Å². The van der Waals surface area contributed by atoms with Crippen LogP contribution in [-0.4, -0.2) is 126 Å². The third-order valence-corrected chi connectivity index (χ3v) is 17.5. The van der Waals surface area contributed by atoms with E-state index in [4.69, 9.17) is 15.6 Å². The van der Waals surface area contributed by atoms with Crippen LogP contribution in [0.15, 0.2) is 138 Å². The van der Waals surface area contributed by atoms with Crippen LogP contribution in [0.2, 0.25) is 0 Å². The maximum absolute atomic E-state index is 15.5. The zero-order valence-corrected chi connectivity index (χ0v) is 48.3. The summed E-state index contributed by atoms with van der Waals surface area (Å²) in [7, 11) is 0. The number of amides is 4. The van der Waals surface area contributed by atoms with Crippen molar-refractivity contribution in [2.45, 2.75) is 103 Å². The number of benzene rings is 5. The zero-order chi connectivity index (χ0) is 58.4. The number of carbonyl (C=O) groups is 4. The van der Waals surface area contributed by atoms with E-state index in [1.807, 2.05) is 131 Å². The minimum Gasteiger partial charge on any atom is -0.463 e. The molecule has 12 rings (SSSR count). The molecule has 2 aliphatic heterocycles. The second-order valence-corrected chi connectivity index (χ2v) is 23.2. The summed E-state index contributed by atoms with van der Waals surface area (Å²) in [5.74, 6) is -0.0158. The molecule has 438 valence electrons. The van der Waals surface area contributed by atoms with Crippen LogP contribution < -0.4 is 26.4 Å². The second kappa shape index (κ2) is 25.5. The Balaban J connectivity index is 0.677. The van der Waals surface area contributed by atoms with Gasteiger partial charge in [0.15, 0.2) is 17.2 Å². The van der Waals surface area contributed by atoms with Gasteiger partial charge in [0.1, 0.15) is 11.6 Å². The first kappa shape index (κ1) is 56.6. The van der Waals surface area contributed by atoms with Crippen LogP contribution in [0, 0.1) is 5.92 Å². The van der Waals surface area contributed by atoms with Gasteiger partial charge in [-0.15, -0.1) is 0 Å². The predicted octanol–water partition coefficient (Wildman–Crippen LogP) is 8.96. The summed E-state index contributed by atoms with van der Waals surface area (Å²) in [4.78, 5) is 90.6. The first-order valence-electron chi connectivity index (χ1n) is 30.4. The van der Waals surface area contributed by atoms with Gasteiger partial charge in [-0.05, 0) is 128 Å². The van der Waals surface area contributed by atoms with Crippen LogP contribution in [0.1, 0.15) is 119 Å². The number of hydrogen-bond donors (Lipinski definition) is 3. The van der Waals surface area contributed by atoms with Crippen molar-refractivity contribution < 1.29 is 23.9 Å². The standard InChI is InChI=1S/C67H74N12O6/c1-2-3-39-85-66-71-61(68)59-62(72-66)77(67(84)70-59)44-46-23-27-51(28-24-46)64(82)76-37-35-74(36-38-76)43-47-31-33-75(34-32-47)58(80)40-45-21-25-50(26-22-45)60(63(81)69-53-17-10-11-18-53)78(55-30-29-48-15-12-16-52(48)41-55)65(83)56-42-57(49-13-6-4-7-14-49)79(73-56)54-19-8-5-9-20-54/h4-9,13-14,19-30,41-42,47,53,60H,2-3,10-12,15-18,31-40,43-44H2,1H3,(H,69,81)(H,70,84)(H2,68,71,72). The Bertz CT molecular complexity index is 3670. The molecule has 18 nitrogen and oxygen atoms in total. The molecule has 1 atom stereocenters. The van der Waals surface area contributed by atoms with E-state index in [2.05, 4.69) is 44.2 Å². The fourth-order valence-corrected chi connectivity index (χ4v) is 12.7. The lowest BCUT2D eigenvalue weighted by molar-refractivity contribution is -0.132. The highest BCUT2D eigenvalue weighted by molar-refractivity contribution is 6.10. The molecule has 85 heavy (non-hydrogen) atoms. The number of para-hydroxylation sites is 1. The van der Waals surface area contributed by atoms with E-state index >= 15 is 9.59 Å². The first-order valence-corrected chi connectivity index (χ1v) is 30.4. The predicted molar refractivity (Wildman–Crippen MR) is 328 cm³/mol. The SMILES string of the molecule is CCCCOc1nc(N)c2[nH]c(=O)n(Cc3ccc(C(=O)N4CCN(CC5CCN(C(=O)Cc6ccc(C(C(=O)NC7CCCC7)N(C(=O)c7cc(-c8ccccc8)n(-c8ccccc8)n7)c7ccc8c(c7)CCC8)cc6)CC5)CC4)cc3)c2n1. The third-order valence-electron chi connectivity index (χ3n) is 17.5. The lowest BCUT2D eigenvalue weighted by Crippen LogP contribution is -2.50. The number of nitrogens with zero attached hydrogens (tertiary/aromatic N) is 9. The lowest BCUT2D eigenvalue weighted by atomic mass is 9.95. The molecule has 5 heterocycles. The van der Waals surface area contributed by atoms with Crippen LogP contribution in [0.25, 0.3) is 28.1 Å². The molecule has 4 amide bonds. The van der Waals surface area contributed by atoms with Crippen molar-refractivity contribution in [2.75, 3.05) is 63.1 Å². The van der Waals surface area contributed by atoms with Crippen LogP contribution in [0.5, 0.6) is 6.01 Å². The van der Waals surface area contributed by atoms with Crippen molar-refractivity contribution in [2.24, 2.45) is 5.92 Å². The summed E-state index contributed by atoms with van der Waals surface area (Å²) < 4.78 is 8.99. The number of carbonyl (C=O) groups excluding carboxylic acids is 4. The number of rotatable bonds is 19. The minimum atomic E-state index is -1.03. The molecular formula is C67H74N12O6. The molecular weight excluding hydrogens is 1070 g/mol. The highest BCUT2D eigenvalue weighted by Crippen LogP contribution is 2.36. The number of imidazole rings is 1. The fourth-order valence-electron chi connectivity index (χ4n) is 12.7. The van der Waals surface area contributed by atoms with Gasteiger partial charge in [0.05, 0.1) is 31.0 Å². The smallest absolute Gasteiger partial charge is 0.328 e. The summed E-state index contributed by atoms with van der Waals surface area (Å²) in [6.45, 7) is 7.79. The summed E-state index contributed by atoms with van der Waals surface area (Å²) in [5, 5.41) is 8.36. The van der Waals surface area contributed by atoms with Crippen molar-refractivity contribution in [3.8, 4) is 23.0 Å². The molecule has 0 spiro atoms. The second-order valence-electron chi connectivity index (χ2n) is 23.2. The van der Waals surface area contributed by atoms with Crippen LogP contribution in [-0.2, 0) is 35.4 Å². The monoisotopic (exact) mass is 1140 g/mol. The van der Waals surface area contributed by atoms with Gasteiger partial charge in [0, 0.05) is 68.7 Å². The first-order chi connectivity index (χ1) is 41.5. The van der Waals surface area contributed by atoms with Gasteiger partial charge < -0.3 is 30.6 Å². The topological polar surface area (TPSA) is 210 Å². The largest absolute Gasteiger partial charge is 0.463 e. The number of nitrogens with one attached hydrogen (secondary N) is 2. The number of hydrogen-bond acceptors (Lipinski definition) is 11. The number of piperidine rings is 1. The Hall–Kier alpha value is -8.90. The van der Waals surface area contributed by atoms with Gasteiger partial charge in [-0.2, -0.15) is 15.1 Å². The van der Waals surface area contributed by atoms with Gasteiger partial charge in [-0.1, -0.05) is 117 Å². The number of anilines is 2. The number of aryl methyl sites for hydroxylation is 2. The number of nitrogen functional groups attached to an aromatic ring is 1. The maximum Gasteiger partial charge on any atom is 0.328 e. The van der Waals surface area contributed by atoms with Crippen molar-refractivity contribution in [1.82, 2.24) is 49.3 Å². The van der Waals surface area contributed by atoms with E-state index in [9.17, 15) is 14.4 Å². The van der Waals surface area contributed by atoms with E-state index < -0.39 is 6.04 Å².